The van der Waals surface area contributed by atoms with E-state index in [9.17, 15) is 4.79 Å². The molecule has 27 heavy (non-hydrogen) atoms. The van der Waals surface area contributed by atoms with Crippen LogP contribution in [0.2, 0.25) is 0 Å². The predicted molar refractivity (Wildman–Crippen MR) is 100 cm³/mol. The molecule has 0 radical (unpaired) electrons. The van der Waals surface area contributed by atoms with E-state index in [2.05, 4.69) is 16.0 Å². The molecule has 1 spiro atoms. The first kappa shape index (κ1) is 18.8. The van der Waals surface area contributed by atoms with Gasteiger partial charge in [0.05, 0.1) is 32.3 Å². The number of nitriles is 1. The number of hydrogen-bond donors (Lipinski definition) is 0. The van der Waals surface area contributed by atoms with Crippen LogP contribution in [-0.4, -0.2) is 71.8 Å². The minimum absolute atomic E-state index is 0.0803. The summed E-state index contributed by atoms with van der Waals surface area (Å²) in [4.78, 5) is 21.5. The number of carbonyl (C=O) groups excluding carboxylic acids is 1. The Bertz CT molecular complexity index is 704. The zero-order valence-electron chi connectivity index (χ0n) is 15.6. The maximum Gasteiger partial charge on any atom is 0.225 e. The molecule has 1 amide bonds. The van der Waals surface area contributed by atoms with Gasteiger partial charge in [-0.1, -0.05) is 0 Å². The summed E-state index contributed by atoms with van der Waals surface area (Å²) in [5, 5.41) is 11.8. The van der Waals surface area contributed by atoms with Gasteiger partial charge in [-0.3, -0.25) is 9.69 Å². The van der Waals surface area contributed by atoms with E-state index >= 15 is 0 Å². The Morgan fingerprint density at radius 3 is 3.00 bits per heavy atom. The van der Waals surface area contributed by atoms with E-state index in [-0.39, 0.29) is 17.6 Å². The molecule has 3 heterocycles. The van der Waals surface area contributed by atoms with Gasteiger partial charge in [0.25, 0.3) is 0 Å². The van der Waals surface area contributed by atoms with Gasteiger partial charge in [-0.05, 0) is 25.7 Å². The van der Waals surface area contributed by atoms with Crippen LogP contribution in [0.3, 0.4) is 0 Å². The Morgan fingerprint density at radius 1 is 1.37 bits per heavy atom. The van der Waals surface area contributed by atoms with Crippen molar-refractivity contribution in [1.82, 2.24) is 14.8 Å². The Balaban J connectivity index is 1.39. The van der Waals surface area contributed by atoms with Gasteiger partial charge in [0, 0.05) is 37.2 Å². The van der Waals surface area contributed by atoms with Crippen molar-refractivity contribution in [3.63, 3.8) is 0 Å². The molecule has 4 rings (SSSR count). The van der Waals surface area contributed by atoms with Gasteiger partial charge >= 0.3 is 0 Å². The first-order valence-corrected chi connectivity index (χ1v) is 10.6. The number of carbonyl (C=O) groups is 1. The SMILES string of the molecule is N#Cc1csc(CN2CC(CC(=O)N3CCCOCC3)OCC23CCC3)n1. The third kappa shape index (κ3) is 4.16. The maximum atomic E-state index is 12.7. The quantitative estimate of drug-likeness (QED) is 0.780. The highest BCUT2D eigenvalue weighted by Crippen LogP contribution is 2.42. The van der Waals surface area contributed by atoms with Crippen LogP contribution in [0.1, 0.15) is 42.8 Å². The van der Waals surface area contributed by atoms with Gasteiger partial charge in [0.2, 0.25) is 5.91 Å². The molecule has 7 nitrogen and oxygen atoms in total. The van der Waals surface area contributed by atoms with Crippen LogP contribution in [0, 0.1) is 11.3 Å². The molecule has 146 valence electrons. The lowest BCUT2D eigenvalue weighted by atomic mass is 9.74. The molecule has 1 aromatic rings. The van der Waals surface area contributed by atoms with Crippen molar-refractivity contribution in [3.05, 3.63) is 16.1 Å². The molecule has 8 heteroatoms. The monoisotopic (exact) mass is 390 g/mol. The largest absolute Gasteiger partial charge is 0.380 e. The highest BCUT2D eigenvalue weighted by molar-refractivity contribution is 7.09. The molecule has 1 aliphatic carbocycles. The lowest BCUT2D eigenvalue weighted by Crippen LogP contribution is -2.62. The molecule has 0 N–H and O–H groups in total. The predicted octanol–water partition coefficient (Wildman–Crippen LogP) is 1.78. The first-order valence-electron chi connectivity index (χ1n) is 9.75. The number of morpholine rings is 1. The Labute approximate surface area is 163 Å². The summed E-state index contributed by atoms with van der Waals surface area (Å²) >= 11 is 1.54. The average Bonchev–Trinajstić information content (AvgIpc) is 2.91. The summed E-state index contributed by atoms with van der Waals surface area (Å²) in [6.45, 7) is 4.97. The molecule has 2 saturated heterocycles. The second-order valence-electron chi connectivity index (χ2n) is 7.68. The van der Waals surface area contributed by atoms with E-state index in [1.807, 2.05) is 10.3 Å². The van der Waals surface area contributed by atoms with Crippen molar-refractivity contribution in [2.45, 2.75) is 50.3 Å². The lowest BCUT2D eigenvalue weighted by molar-refractivity contribution is -0.158. The average molecular weight is 391 g/mol. The van der Waals surface area contributed by atoms with Crippen LogP contribution in [0.25, 0.3) is 0 Å². The first-order chi connectivity index (χ1) is 13.2. The molecule has 0 aromatic carbocycles. The van der Waals surface area contributed by atoms with Crippen LogP contribution in [0.5, 0.6) is 0 Å². The molecule has 0 bridgehead atoms. The number of thiazole rings is 1. The highest BCUT2D eigenvalue weighted by Gasteiger charge is 2.47. The maximum absolute atomic E-state index is 12.7. The molecule has 1 atom stereocenters. The molecule has 1 saturated carbocycles. The van der Waals surface area contributed by atoms with E-state index in [0.717, 1.165) is 50.5 Å². The minimum Gasteiger partial charge on any atom is -0.380 e. The van der Waals surface area contributed by atoms with Gasteiger partial charge in [-0.2, -0.15) is 5.26 Å². The highest BCUT2D eigenvalue weighted by atomic mass is 32.1. The summed E-state index contributed by atoms with van der Waals surface area (Å²) in [6, 6.07) is 2.11. The fourth-order valence-electron chi connectivity index (χ4n) is 4.18. The van der Waals surface area contributed by atoms with E-state index in [1.54, 1.807) is 0 Å². The van der Waals surface area contributed by atoms with Gasteiger partial charge in [0.1, 0.15) is 11.1 Å². The zero-order valence-corrected chi connectivity index (χ0v) is 16.4. The molecule has 1 aromatic heterocycles. The second kappa shape index (κ2) is 8.23. The number of ether oxygens (including phenoxy) is 2. The number of nitrogens with zero attached hydrogens (tertiary/aromatic N) is 4. The normalized spacial score (nSPS) is 25.6. The third-order valence-electron chi connectivity index (χ3n) is 5.94. The van der Waals surface area contributed by atoms with Crippen molar-refractivity contribution < 1.29 is 14.3 Å². The van der Waals surface area contributed by atoms with Crippen LogP contribution < -0.4 is 0 Å². The molecule has 1 unspecified atom stereocenters. The number of rotatable bonds is 4. The molecular formula is C19H26N4O3S. The topological polar surface area (TPSA) is 78.7 Å². The van der Waals surface area contributed by atoms with Crippen LogP contribution >= 0.6 is 11.3 Å². The van der Waals surface area contributed by atoms with Gasteiger partial charge in [0.15, 0.2) is 5.69 Å². The second-order valence-corrected chi connectivity index (χ2v) is 8.62. The summed E-state index contributed by atoms with van der Waals surface area (Å²) < 4.78 is 11.6. The fourth-order valence-corrected chi connectivity index (χ4v) is 4.91. The minimum atomic E-state index is -0.0803. The Kier molecular flexibility index (Phi) is 5.74. The van der Waals surface area contributed by atoms with Gasteiger partial charge < -0.3 is 14.4 Å². The molecule has 3 aliphatic rings. The summed E-state index contributed by atoms with van der Waals surface area (Å²) in [7, 11) is 0. The number of hydrogen-bond acceptors (Lipinski definition) is 7. The third-order valence-corrected chi connectivity index (χ3v) is 6.77. The Hall–Kier alpha value is -1.53. The molecular weight excluding hydrogens is 364 g/mol. The van der Waals surface area contributed by atoms with Crippen LogP contribution in [0.15, 0.2) is 5.38 Å². The van der Waals surface area contributed by atoms with Crippen LogP contribution in [0.4, 0.5) is 0 Å². The van der Waals surface area contributed by atoms with E-state index in [0.29, 0.717) is 31.9 Å². The van der Waals surface area contributed by atoms with E-state index in [4.69, 9.17) is 14.7 Å². The van der Waals surface area contributed by atoms with Crippen molar-refractivity contribution in [2.24, 2.45) is 0 Å². The van der Waals surface area contributed by atoms with Crippen LogP contribution in [-0.2, 0) is 20.8 Å². The van der Waals surface area contributed by atoms with Crippen molar-refractivity contribution in [1.29, 1.82) is 5.26 Å². The lowest BCUT2D eigenvalue weighted by Gasteiger charge is -2.54. The summed E-state index contributed by atoms with van der Waals surface area (Å²) in [5.74, 6) is 0.163. The molecule has 2 aliphatic heterocycles. The smallest absolute Gasteiger partial charge is 0.225 e. The van der Waals surface area contributed by atoms with Crippen molar-refractivity contribution >= 4 is 17.2 Å². The number of aromatic nitrogens is 1. The standard InChI is InChI=1S/C19H26N4O3S/c20-10-15-13-27-17(21-15)12-23-11-16(26-14-19(23)3-1-4-19)9-18(24)22-5-2-7-25-8-6-22/h13,16H,1-9,11-12,14H2. The summed E-state index contributed by atoms with van der Waals surface area (Å²) in [6.07, 6.45) is 4.73. The van der Waals surface area contributed by atoms with Crippen molar-refractivity contribution in [3.8, 4) is 6.07 Å². The van der Waals surface area contributed by atoms with Gasteiger partial charge in [-0.15, -0.1) is 11.3 Å². The fraction of sp³-hybridized carbons (Fsp3) is 0.737. The zero-order chi connectivity index (χ0) is 18.7. The Morgan fingerprint density at radius 2 is 2.26 bits per heavy atom. The van der Waals surface area contributed by atoms with Gasteiger partial charge in [-0.25, -0.2) is 4.98 Å². The van der Waals surface area contributed by atoms with E-state index in [1.165, 1.54) is 17.8 Å². The number of amides is 1. The van der Waals surface area contributed by atoms with E-state index < -0.39 is 0 Å². The van der Waals surface area contributed by atoms with Crippen molar-refractivity contribution in [2.75, 3.05) is 39.5 Å². The summed E-state index contributed by atoms with van der Waals surface area (Å²) in [5.41, 5.74) is 0.579. The molecule has 3 fully saturated rings.